The summed E-state index contributed by atoms with van der Waals surface area (Å²) in [4.78, 5) is 28.0. The van der Waals surface area contributed by atoms with Crippen molar-refractivity contribution in [3.8, 4) is 0 Å². The van der Waals surface area contributed by atoms with E-state index in [0.717, 1.165) is 9.87 Å². The SMILES string of the molecule is CC(C)NC(=O)[C@@H](C)N(Cc1ccccc1)C(=O)CN(c1ccccc1)S(=O)(=O)c1ccccc1. The Morgan fingerprint density at radius 1 is 0.800 bits per heavy atom. The largest absolute Gasteiger partial charge is 0.352 e. The van der Waals surface area contributed by atoms with Gasteiger partial charge in [-0.2, -0.15) is 0 Å². The second kappa shape index (κ2) is 11.7. The van der Waals surface area contributed by atoms with E-state index in [4.69, 9.17) is 0 Å². The number of benzene rings is 3. The fourth-order valence-electron chi connectivity index (χ4n) is 3.61. The fourth-order valence-corrected chi connectivity index (χ4v) is 5.05. The summed E-state index contributed by atoms with van der Waals surface area (Å²) in [5.41, 5.74) is 1.20. The van der Waals surface area contributed by atoms with E-state index in [1.807, 2.05) is 44.2 Å². The number of amides is 2. The smallest absolute Gasteiger partial charge is 0.264 e. The minimum atomic E-state index is -4.04. The molecule has 35 heavy (non-hydrogen) atoms. The van der Waals surface area contributed by atoms with E-state index in [1.165, 1.54) is 17.0 Å². The second-order valence-corrected chi connectivity index (χ2v) is 10.4. The minimum absolute atomic E-state index is 0.0804. The van der Waals surface area contributed by atoms with Gasteiger partial charge in [-0.05, 0) is 50.6 Å². The van der Waals surface area contributed by atoms with Gasteiger partial charge >= 0.3 is 0 Å². The molecule has 0 aliphatic rings. The number of carbonyl (C=O) groups is 2. The standard InChI is InChI=1S/C27H31N3O4S/c1-21(2)28-27(32)22(3)29(19-23-13-7-4-8-14-23)26(31)20-30(24-15-9-5-10-16-24)35(33,34)25-17-11-6-12-18-25/h4-18,21-22H,19-20H2,1-3H3,(H,28,32)/t22-/m1/s1. The van der Waals surface area contributed by atoms with Crippen LogP contribution in [0.15, 0.2) is 95.9 Å². The lowest BCUT2D eigenvalue weighted by atomic mass is 10.1. The van der Waals surface area contributed by atoms with Crippen molar-refractivity contribution in [1.82, 2.24) is 10.2 Å². The van der Waals surface area contributed by atoms with Crippen LogP contribution in [0.3, 0.4) is 0 Å². The Labute approximate surface area is 207 Å². The molecule has 1 atom stereocenters. The van der Waals surface area contributed by atoms with Crippen molar-refractivity contribution in [3.05, 3.63) is 96.6 Å². The van der Waals surface area contributed by atoms with Crippen LogP contribution in [-0.2, 0) is 26.2 Å². The van der Waals surface area contributed by atoms with Gasteiger partial charge in [0, 0.05) is 12.6 Å². The van der Waals surface area contributed by atoms with Crippen LogP contribution in [0, 0.1) is 0 Å². The summed E-state index contributed by atoms with van der Waals surface area (Å²) in [6.45, 7) is 5.06. The topological polar surface area (TPSA) is 86.8 Å². The highest BCUT2D eigenvalue weighted by Crippen LogP contribution is 2.24. The average Bonchev–Trinajstić information content (AvgIpc) is 2.86. The number of hydrogen-bond donors (Lipinski definition) is 1. The van der Waals surface area contributed by atoms with Crippen LogP contribution in [0.1, 0.15) is 26.3 Å². The first kappa shape index (κ1) is 26.0. The molecule has 8 heteroatoms. The van der Waals surface area contributed by atoms with Gasteiger partial charge < -0.3 is 10.2 Å². The molecule has 1 N–H and O–H groups in total. The molecule has 0 unspecified atom stereocenters. The highest BCUT2D eigenvalue weighted by atomic mass is 32.2. The normalized spacial score (nSPS) is 12.1. The molecule has 0 aliphatic carbocycles. The average molecular weight is 494 g/mol. The van der Waals surface area contributed by atoms with Crippen molar-refractivity contribution >= 4 is 27.5 Å². The Morgan fingerprint density at radius 3 is 1.86 bits per heavy atom. The second-order valence-electron chi connectivity index (χ2n) is 8.51. The Kier molecular flexibility index (Phi) is 8.65. The molecule has 0 aromatic heterocycles. The van der Waals surface area contributed by atoms with Gasteiger partial charge in [0.15, 0.2) is 0 Å². The van der Waals surface area contributed by atoms with Crippen LogP contribution in [0.2, 0.25) is 0 Å². The van der Waals surface area contributed by atoms with Gasteiger partial charge in [0.2, 0.25) is 11.8 Å². The van der Waals surface area contributed by atoms with Crippen LogP contribution >= 0.6 is 0 Å². The molecule has 3 aromatic carbocycles. The number of sulfonamides is 1. The molecule has 3 aromatic rings. The van der Waals surface area contributed by atoms with Crippen LogP contribution in [0.4, 0.5) is 5.69 Å². The lowest BCUT2D eigenvalue weighted by molar-refractivity contribution is -0.139. The molecule has 3 rings (SSSR count). The lowest BCUT2D eigenvalue weighted by Gasteiger charge is -2.32. The summed E-state index contributed by atoms with van der Waals surface area (Å²) >= 11 is 0. The maximum atomic E-state index is 13.7. The third-order valence-corrected chi connectivity index (χ3v) is 7.24. The molecule has 0 fully saturated rings. The molecule has 0 spiro atoms. The minimum Gasteiger partial charge on any atom is -0.352 e. The zero-order valence-corrected chi connectivity index (χ0v) is 21.0. The molecule has 7 nitrogen and oxygen atoms in total. The van der Waals surface area contributed by atoms with Crippen LogP contribution in [-0.4, -0.2) is 43.8 Å². The van der Waals surface area contributed by atoms with E-state index >= 15 is 0 Å². The number of carbonyl (C=O) groups excluding carboxylic acids is 2. The third kappa shape index (κ3) is 6.70. The summed E-state index contributed by atoms with van der Waals surface area (Å²) in [6.07, 6.45) is 0. The first-order valence-electron chi connectivity index (χ1n) is 11.5. The van der Waals surface area contributed by atoms with Gasteiger partial charge in [-0.15, -0.1) is 0 Å². The van der Waals surface area contributed by atoms with Gasteiger partial charge in [-0.25, -0.2) is 8.42 Å². The Hall–Kier alpha value is -3.65. The van der Waals surface area contributed by atoms with Crippen molar-refractivity contribution in [2.24, 2.45) is 0 Å². The van der Waals surface area contributed by atoms with E-state index in [0.29, 0.717) is 5.69 Å². The van der Waals surface area contributed by atoms with Crippen molar-refractivity contribution in [1.29, 1.82) is 0 Å². The zero-order valence-electron chi connectivity index (χ0n) is 20.2. The number of para-hydroxylation sites is 1. The first-order chi connectivity index (χ1) is 16.7. The van der Waals surface area contributed by atoms with E-state index < -0.39 is 28.5 Å². The van der Waals surface area contributed by atoms with Crippen molar-refractivity contribution < 1.29 is 18.0 Å². The maximum Gasteiger partial charge on any atom is 0.264 e. The highest BCUT2D eigenvalue weighted by molar-refractivity contribution is 7.92. The van der Waals surface area contributed by atoms with Crippen LogP contribution < -0.4 is 9.62 Å². The Balaban J connectivity index is 1.98. The van der Waals surface area contributed by atoms with Crippen molar-refractivity contribution in [2.45, 2.75) is 44.3 Å². The molecule has 0 bridgehead atoms. The number of anilines is 1. The van der Waals surface area contributed by atoms with Gasteiger partial charge in [0.1, 0.15) is 12.6 Å². The Morgan fingerprint density at radius 2 is 1.31 bits per heavy atom. The number of nitrogens with one attached hydrogen (secondary N) is 1. The number of nitrogens with zero attached hydrogens (tertiary/aromatic N) is 2. The van der Waals surface area contributed by atoms with Crippen molar-refractivity contribution in [2.75, 3.05) is 10.8 Å². The van der Waals surface area contributed by atoms with E-state index in [-0.39, 0.29) is 23.4 Å². The predicted molar refractivity (Wildman–Crippen MR) is 137 cm³/mol. The highest BCUT2D eigenvalue weighted by Gasteiger charge is 2.32. The van der Waals surface area contributed by atoms with Gasteiger partial charge in [0.05, 0.1) is 10.6 Å². The summed E-state index contributed by atoms with van der Waals surface area (Å²) in [5, 5.41) is 2.84. The lowest BCUT2D eigenvalue weighted by Crippen LogP contribution is -2.52. The summed E-state index contributed by atoms with van der Waals surface area (Å²) in [6, 6.07) is 24.9. The predicted octanol–water partition coefficient (Wildman–Crippen LogP) is 3.82. The molecule has 0 saturated heterocycles. The quantitative estimate of drug-likeness (QED) is 0.465. The monoisotopic (exact) mass is 493 g/mol. The van der Waals surface area contributed by atoms with Gasteiger partial charge in [0.25, 0.3) is 10.0 Å². The zero-order chi connectivity index (χ0) is 25.4. The van der Waals surface area contributed by atoms with E-state index in [2.05, 4.69) is 5.32 Å². The summed E-state index contributed by atoms with van der Waals surface area (Å²) in [5.74, 6) is -0.787. The van der Waals surface area contributed by atoms with E-state index in [9.17, 15) is 18.0 Å². The fraction of sp³-hybridized carbons (Fsp3) is 0.259. The molecular formula is C27H31N3O4S. The van der Waals surface area contributed by atoms with Crippen LogP contribution in [0.25, 0.3) is 0 Å². The first-order valence-corrected chi connectivity index (χ1v) is 12.9. The molecule has 0 aliphatic heterocycles. The van der Waals surface area contributed by atoms with Crippen LogP contribution in [0.5, 0.6) is 0 Å². The number of rotatable bonds is 10. The van der Waals surface area contributed by atoms with Gasteiger partial charge in [-0.1, -0.05) is 66.7 Å². The Bertz CT molecular complexity index is 1220. The molecule has 0 heterocycles. The maximum absolute atomic E-state index is 13.7. The van der Waals surface area contributed by atoms with Crippen molar-refractivity contribution in [3.63, 3.8) is 0 Å². The number of hydrogen-bond acceptors (Lipinski definition) is 4. The molecule has 184 valence electrons. The summed E-state index contributed by atoms with van der Waals surface area (Å²) in [7, 11) is -4.04. The molecular weight excluding hydrogens is 462 g/mol. The molecule has 0 saturated carbocycles. The molecule has 0 radical (unpaired) electrons. The molecule has 2 amide bonds. The van der Waals surface area contributed by atoms with E-state index in [1.54, 1.807) is 55.5 Å². The third-order valence-electron chi connectivity index (χ3n) is 5.45. The van der Waals surface area contributed by atoms with Gasteiger partial charge in [-0.3, -0.25) is 13.9 Å². The summed E-state index contributed by atoms with van der Waals surface area (Å²) < 4.78 is 28.2.